The van der Waals surface area contributed by atoms with Crippen LogP contribution in [0.2, 0.25) is 0 Å². The van der Waals surface area contributed by atoms with E-state index in [1.165, 1.54) is 0 Å². The first-order valence-electron chi connectivity index (χ1n) is 9.19. The van der Waals surface area contributed by atoms with Crippen molar-refractivity contribution >= 4 is 5.91 Å². The van der Waals surface area contributed by atoms with Crippen molar-refractivity contribution in [2.75, 3.05) is 6.54 Å². The minimum Gasteiger partial charge on any atom is -0.351 e. The van der Waals surface area contributed by atoms with E-state index >= 15 is 0 Å². The van der Waals surface area contributed by atoms with Gasteiger partial charge in [0.15, 0.2) is 0 Å². The summed E-state index contributed by atoms with van der Waals surface area (Å²) in [6.07, 6.45) is -4.20. The zero-order chi connectivity index (χ0) is 21.2. The third-order valence-electron chi connectivity index (χ3n) is 5.01. The molecule has 1 heterocycles. The zero-order valence-corrected chi connectivity index (χ0v) is 15.7. The van der Waals surface area contributed by atoms with Gasteiger partial charge in [-0.05, 0) is 41.7 Å². The van der Waals surface area contributed by atoms with Gasteiger partial charge in [-0.15, -0.1) is 0 Å². The highest BCUT2D eigenvalue weighted by molar-refractivity contribution is 5.82. The molecular formula is C21H21F5N2O. The Hall–Kier alpha value is -2.48. The standard InChI is InChI=1S/C21H21F5N2O/c1-20(22,23)16-7-13(8-17(10-16)21(24,25)26)11-28-19(29)18-9-15(12-27-18)14-5-3-2-4-6-14/h2-8,10,15,18,27H,9,11-12H2,1H3,(H,28,29)/t15-,18-/m0/s1. The van der Waals surface area contributed by atoms with Crippen LogP contribution in [0.1, 0.15) is 41.5 Å². The van der Waals surface area contributed by atoms with Gasteiger partial charge in [0.2, 0.25) is 5.91 Å². The molecule has 0 bridgehead atoms. The van der Waals surface area contributed by atoms with Crippen LogP contribution >= 0.6 is 0 Å². The largest absolute Gasteiger partial charge is 0.416 e. The Morgan fingerprint density at radius 2 is 1.72 bits per heavy atom. The molecule has 0 aliphatic carbocycles. The average molecular weight is 412 g/mol. The fraction of sp³-hybridized carbons (Fsp3) is 0.381. The van der Waals surface area contributed by atoms with Gasteiger partial charge in [0.1, 0.15) is 0 Å². The first-order valence-corrected chi connectivity index (χ1v) is 9.19. The summed E-state index contributed by atoms with van der Waals surface area (Å²) in [5.41, 5.74) is -0.825. The number of nitrogens with one attached hydrogen (secondary N) is 2. The van der Waals surface area contributed by atoms with Crippen molar-refractivity contribution in [1.29, 1.82) is 0 Å². The number of carbonyl (C=O) groups is 1. The van der Waals surface area contributed by atoms with Crippen LogP contribution in [-0.2, 0) is 23.4 Å². The maximum Gasteiger partial charge on any atom is 0.416 e. The summed E-state index contributed by atoms with van der Waals surface area (Å²) in [6.45, 7) is 0.884. The molecule has 0 unspecified atom stereocenters. The monoisotopic (exact) mass is 412 g/mol. The lowest BCUT2D eigenvalue weighted by molar-refractivity contribution is -0.137. The van der Waals surface area contributed by atoms with Crippen molar-refractivity contribution in [2.24, 2.45) is 0 Å². The first kappa shape index (κ1) is 21.2. The fourth-order valence-corrected chi connectivity index (χ4v) is 3.44. The van der Waals surface area contributed by atoms with Gasteiger partial charge >= 0.3 is 6.18 Å². The van der Waals surface area contributed by atoms with Crippen LogP contribution < -0.4 is 10.6 Å². The molecule has 0 aromatic heterocycles. The van der Waals surface area contributed by atoms with Gasteiger partial charge in [-0.2, -0.15) is 13.2 Å². The number of hydrogen-bond donors (Lipinski definition) is 2. The van der Waals surface area contributed by atoms with E-state index in [9.17, 15) is 26.7 Å². The molecule has 156 valence electrons. The van der Waals surface area contributed by atoms with Crippen LogP contribution in [0.15, 0.2) is 48.5 Å². The number of benzene rings is 2. The van der Waals surface area contributed by atoms with Crippen molar-refractivity contribution in [3.8, 4) is 0 Å². The predicted molar refractivity (Wildman–Crippen MR) is 98.4 cm³/mol. The van der Waals surface area contributed by atoms with Gasteiger partial charge in [-0.3, -0.25) is 4.79 Å². The van der Waals surface area contributed by atoms with Crippen LogP contribution in [-0.4, -0.2) is 18.5 Å². The maximum atomic E-state index is 13.6. The molecule has 2 atom stereocenters. The van der Waals surface area contributed by atoms with Crippen molar-refractivity contribution in [3.05, 3.63) is 70.8 Å². The molecular weight excluding hydrogens is 391 g/mol. The van der Waals surface area contributed by atoms with Crippen LogP contribution in [0.4, 0.5) is 22.0 Å². The van der Waals surface area contributed by atoms with Gasteiger partial charge in [0, 0.05) is 25.6 Å². The van der Waals surface area contributed by atoms with E-state index in [4.69, 9.17) is 0 Å². The molecule has 8 heteroatoms. The Morgan fingerprint density at radius 3 is 2.34 bits per heavy atom. The second-order valence-corrected chi connectivity index (χ2v) is 7.33. The van der Waals surface area contributed by atoms with E-state index in [2.05, 4.69) is 10.6 Å². The van der Waals surface area contributed by atoms with E-state index in [1.54, 1.807) is 0 Å². The summed E-state index contributed by atoms with van der Waals surface area (Å²) >= 11 is 0. The Bertz CT molecular complexity index is 829. The van der Waals surface area contributed by atoms with E-state index in [1.807, 2.05) is 30.3 Å². The molecule has 2 aromatic rings. The smallest absolute Gasteiger partial charge is 0.351 e. The van der Waals surface area contributed by atoms with Gasteiger partial charge in [-0.1, -0.05) is 30.3 Å². The number of rotatable bonds is 5. The third-order valence-corrected chi connectivity index (χ3v) is 5.01. The molecule has 0 saturated carbocycles. The molecule has 29 heavy (non-hydrogen) atoms. The van der Waals surface area contributed by atoms with Crippen LogP contribution in [0.3, 0.4) is 0 Å². The van der Waals surface area contributed by atoms with Crippen LogP contribution in [0.25, 0.3) is 0 Å². The highest BCUT2D eigenvalue weighted by atomic mass is 19.4. The zero-order valence-electron chi connectivity index (χ0n) is 15.7. The van der Waals surface area contributed by atoms with Crippen LogP contribution in [0.5, 0.6) is 0 Å². The number of halogens is 5. The Balaban J connectivity index is 1.67. The lowest BCUT2D eigenvalue weighted by atomic mass is 9.96. The molecule has 0 radical (unpaired) electrons. The minimum absolute atomic E-state index is 0.0256. The predicted octanol–water partition coefficient (Wildman–Crippen LogP) is 4.58. The molecule has 1 fully saturated rings. The highest BCUT2D eigenvalue weighted by Crippen LogP contribution is 2.35. The lowest BCUT2D eigenvalue weighted by Gasteiger charge is -2.17. The summed E-state index contributed by atoms with van der Waals surface area (Å²) in [6, 6.07) is 11.4. The highest BCUT2D eigenvalue weighted by Gasteiger charge is 2.35. The summed E-state index contributed by atoms with van der Waals surface area (Å²) in [5, 5.41) is 5.66. The van der Waals surface area contributed by atoms with Crippen molar-refractivity contribution in [1.82, 2.24) is 10.6 Å². The Kier molecular flexibility index (Phi) is 5.93. The van der Waals surface area contributed by atoms with Gasteiger partial charge < -0.3 is 10.6 Å². The number of hydrogen-bond acceptors (Lipinski definition) is 2. The molecule has 3 rings (SSSR count). The van der Waals surface area contributed by atoms with E-state index in [0.717, 1.165) is 17.7 Å². The molecule has 0 spiro atoms. The quantitative estimate of drug-likeness (QED) is 0.706. The van der Waals surface area contributed by atoms with E-state index < -0.39 is 29.3 Å². The van der Waals surface area contributed by atoms with Gasteiger partial charge in [-0.25, -0.2) is 8.78 Å². The maximum absolute atomic E-state index is 13.6. The van der Waals surface area contributed by atoms with E-state index in [0.29, 0.717) is 26.0 Å². The molecule has 2 aromatic carbocycles. The second-order valence-electron chi connectivity index (χ2n) is 7.33. The SMILES string of the molecule is CC(F)(F)c1cc(CNC(=O)[C@@H]2C[C@H](c3ccccc3)CN2)cc(C(F)(F)F)c1. The molecule has 1 saturated heterocycles. The van der Waals surface area contributed by atoms with Crippen LogP contribution in [0, 0.1) is 0 Å². The van der Waals surface area contributed by atoms with Gasteiger partial charge in [0.25, 0.3) is 5.92 Å². The minimum atomic E-state index is -4.75. The summed E-state index contributed by atoms with van der Waals surface area (Å²) in [7, 11) is 0. The van der Waals surface area contributed by atoms with Crippen molar-refractivity contribution in [3.63, 3.8) is 0 Å². The van der Waals surface area contributed by atoms with Crippen molar-refractivity contribution in [2.45, 2.75) is 43.9 Å². The average Bonchev–Trinajstić information content (AvgIpc) is 3.15. The Labute approximate surface area is 165 Å². The normalized spacial score (nSPS) is 19.9. The molecule has 1 amide bonds. The molecule has 1 aliphatic rings. The third kappa shape index (κ3) is 5.32. The second kappa shape index (κ2) is 8.10. The fourth-order valence-electron chi connectivity index (χ4n) is 3.44. The lowest BCUT2D eigenvalue weighted by Crippen LogP contribution is -2.40. The van der Waals surface area contributed by atoms with Gasteiger partial charge in [0.05, 0.1) is 11.6 Å². The first-order chi connectivity index (χ1) is 13.5. The van der Waals surface area contributed by atoms with E-state index in [-0.39, 0.29) is 23.9 Å². The molecule has 3 nitrogen and oxygen atoms in total. The van der Waals surface area contributed by atoms with Crippen molar-refractivity contribution < 1.29 is 26.7 Å². The molecule has 2 N–H and O–H groups in total. The number of alkyl halides is 5. The number of amides is 1. The Morgan fingerprint density at radius 1 is 1.07 bits per heavy atom. The topological polar surface area (TPSA) is 41.1 Å². The summed E-state index contributed by atoms with van der Waals surface area (Å²) in [5.74, 6) is -3.63. The number of carbonyl (C=O) groups excluding carboxylic acids is 1. The summed E-state index contributed by atoms with van der Waals surface area (Å²) in [4.78, 5) is 12.4. The summed E-state index contributed by atoms with van der Waals surface area (Å²) < 4.78 is 66.3. The molecule has 1 aliphatic heterocycles.